The van der Waals surface area contributed by atoms with Crippen LogP contribution < -0.4 is 10.0 Å². The van der Waals surface area contributed by atoms with Crippen LogP contribution in [0.4, 0.5) is 11.4 Å². The van der Waals surface area contributed by atoms with Crippen LogP contribution in [0.5, 0.6) is 0 Å². The van der Waals surface area contributed by atoms with E-state index in [1.54, 1.807) is 24.4 Å². The molecule has 2 N–H and O–H groups in total. The topological polar surface area (TPSA) is 114 Å². The number of pyridine rings is 1. The summed E-state index contributed by atoms with van der Waals surface area (Å²) in [5.41, 5.74) is 1.82. The van der Waals surface area contributed by atoms with Gasteiger partial charge in [0, 0.05) is 17.3 Å². The molecule has 0 saturated carbocycles. The summed E-state index contributed by atoms with van der Waals surface area (Å²) in [6.45, 7) is -0.460. The summed E-state index contributed by atoms with van der Waals surface area (Å²) in [6, 6.07) is 14.6. The summed E-state index contributed by atoms with van der Waals surface area (Å²) in [6.07, 6.45) is 2.69. The molecule has 0 radical (unpaired) electrons. The van der Waals surface area contributed by atoms with Crippen molar-refractivity contribution in [1.29, 1.82) is 0 Å². The van der Waals surface area contributed by atoms with Crippen LogP contribution in [0.3, 0.4) is 0 Å². The highest BCUT2D eigenvalue weighted by Gasteiger charge is 2.12. The molecule has 0 atom stereocenters. The summed E-state index contributed by atoms with van der Waals surface area (Å²) in [7, 11) is -3.40. The quantitative estimate of drug-likeness (QED) is 0.615. The van der Waals surface area contributed by atoms with Gasteiger partial charge in [0.25, 0.3) is 5.91 Å². The van der Waals surface area contributed by atoms with Crippen molar-refractivity contribution < 1.29 is 22.7 Å². The smallest absolute Gasteiger partial charge is 0.338 e. The summed E-state index contributed by atoms with van der Waals surface area (Å²) in [5, 5.41) is 3.47. The van der Waals surface area contributed by atoms with Crippen molar-refractivity contribution >= 4 is 44.2 Å². The number of benzene rings is 2. The SMILES string of the molecule is CS(=O)(=O)Nc1ccc(C(=O)OCC(=O)Nc2cccc3ncccc23)cc1. The number of anilines is 2. The Balaban J connectivity index is 1.59. The lowest BCUT2D eigenvalue weighted by Gasteiger charge is -2.09. The molecule has 1 aromatic heterocycles. The Morgan fingerprint density at radius 2 is 1.79 bits per heavy atom. The summed E-state index contributed by atoms with van der Waals surface area (Å²) >= 11 is 0. The molecule has 1 amide bonds. The minimum Gasteiger partial charge on any atom is -0.452 e. The number of fused-ring (bicyclic) bond motifs is 1. The maximum atomic E-state index is 12.1. The van der Waals surface area contributed by atoms with E-state index < -0.39 is 28.5 Å². The molecule has 3 aromatic rings. The Labute approximate surface area is 161 Å². The molecule has 0 fully saturated rings. The molecule has 28 heavy (non-hydrogen) atoms. The lowest BCUT2D eigenvalue weighted by atomic mass is 10.2. The lowest BCUT2D eigenvalue weighted by Crippen LogP contribution is -2.21. The van der Waals surface area contributed by atoms with Gasteiger partial charge < -0.3 is 10.1 Å². The highest BCUT2D eigenvalue weighted by Crippen LogP contribution is 2.21. The number of hydrogen-bond donors (Lipinski definition) is 2. The molecule has 0 aliphatic rings. The van der Waals surface area contributed by atoms with Gasteiger partial charge >= 0.3 is 5.97 Å². The Morgan fingerprint density at radius 1 is 1.04 bits per heavy atom. The van der Waals surface area contributed by atoms with Gasteiger partial charge in [-0.2, -0.15) is 0 Å². The zero-order chi connectivity index (χ0) is 20.1. The molecule has 3 rings (SSSR count). The number of ether oxygens (including phenoxy) is 1. The van der Waals surface area contributed by atoms with Gasteiger partial charge in [-0.1, -0.05) is 6.07 Å². The van der Waals surface area contributed by atoms with Crippen molar-refractivity contribution in [1.82, 2.24) is 4.98 Å². The molecule has 9 heteroatoms. The van der Waals surface area contributed by atoms with Crippen LogP contribution in [0.15, 0.2) is 60.8 Å². The van der Waals surface area contributed by atoms with E-state index in [-0.39, 0.29) is 5.56 Å². The van der Waals surface area contributed by atoms with Crippen molar-refractivity contribution in [2.24, 2.45) is 0 Å². The van der Waals surface area contributed by atoms with Crippen LogP contribution in [0.2, 0.25) is 0 Å². The maximum absolute atomic E-state index is 12.1. The van der Waals surface area contributed by atoms with Crippen LogP contribution >= 0.6 is 0 Å². The second-order valence-electron chi connectivity index (χ2n) is 5.95. The average Bonchev–Trinajstić information content (AvgIpc) is 2.66. The second kappa shape index (κ2) is 8.05. The number of nitrogens with one attached hydrogen (secondary N) is 2. The molecule has 0 unspecified atom stereocenters. The molecule has 1 heterocycles. The summed E-state index contributed by atoms with van der Waals surface area (Å²) in [4.78, 5) is 28.4. The van der Waals surface area contributed by atoms with Gasteiger partial charge in [0.15, 0.2) is 6.61 Å². The van der Waals surface area contributed by atoms with Crippen molar-refractivity contribution in [2.75, 3.05) is 22.9 Å². The molecule has 144 valence electrons. The molecular weight excluding hydrogens is 382 g/mol. The molecule has 0 saturated heterocycles. The van der Waals surface area contributed by atoms with E-state index in [1.807, 2.05) is 12.1 Å². The number of hydrogen-bond acceptors (Lipinski definition) is 6. The van der Waals surface area contributed by atoms with Crippen molar-refractivity contribution in [3.8, 4) is 0 Å². The number of sulfonamides is 1. The molecule has 0 aliphatic carbocycles. The standard InChI is InChI=1S/C19H17N3O5S/c1-28(25,26)22-14-9-7-13(8-10-14)19(24)27-12-18(23)21-17-6-2-5-16-15(17)4-3-11-20-16/h2-11,22H,12H2,1H3,(H,21,23). The predicted octanol–water partition coefficient (Wildman–Crippen LogP) is 2.40. The number of rotatable bonds is 6. The fourth-order valence-electron chi connectivity index (χ4n) is 2.50. The van der Waals surface area contributed by atoms with E-state index in [1.165, 1.54) is 24.3 Å². The third-order valence-corrected chi connectivity index (χ3v) is 4.28. The highest BCUT2D eigenvalue weighted by molar-refractivity contribution is 7.92. The molecule has 2 aromatic carbocycles. The van der Waals surface area contributed by atoms with E-state index in [0.29, 0.717) is 11.4 Å². The van der Waals surface area contributed by atoms with Gasteiger partial charge in [0.2, 0.25) is 10.0 Å². The Bertz CT molecular complexity index is 1120. The van der Waals surface area contributed by atoms with Crippen LogP contribution in [0.1, 0.15) is 10.4 Å². The van der Waals surface area contributed by atoms with E-state index in [9.17, 15) is 18.0 Å². The Morgan fingerprint density at radius 3 is 2.50 bits per heavy atom. The number of carbonyl (C=O) groups excluding carboxylic acids is 2. The zero-order valence-corrected chi connectivity index (χ0v) is 15.7. The zero-order valence-electron chi connectivity index (χ0n) is 14.9. The van der Waals surface area contributed by atoms with E-state index >= 15 is 0 Å². The maximum Gasteiger partial charge on any atom is 0.338 e. The Hall–Kier alpha value is -3.46. The fourth-order valence-corrected chi connectivity index (χ4v) is 3.07. The molecule has 8 nitrogen and oxygen atoms in total. The number of amides is 1. The summed E-state index contributed by atoms with van der Waals surface area (Å²) in [5.74, 6) is -1.18. The highest BCUT2D eigenvalue weighted by atomic mass is 32.2. The van der Waals surface area contributed by atoms with Gasteiger partial charge in [-0.3, -0.25) is 14.5 Å². The van der Waals surface area contributed by atoms with Gasteiger partial charge in [-0.05, 0) is 48.5 Å². The molecule has 0 aliphatic heterocycles. The number of carbonyl (C=O) groups is 2. The Kier molecular flexibility index (Phi) is 5.55. The first-order chi connectivity index (χ1) is 13.3. The minimum absolute atomic E-state index is 0.196. The molecule has 0 bridgehead atoms. The van der Waals surface area contributed by atoms with Crippen LogP contribution in [-0.2, 0) is 19.6 Å². The van der Waals surface area contributed by atoms with E-state index in [0.717, 1.165) is 17.2 Å². The first kappa shape index (κ1) is 19.3. The fraction of sp³-hybridized carbons (Fsp3) is 0.105. The molecule has 0 spiro atoms. The van der Waals surface area contributed by atoms with Gasteiger partial charge in [0.1, 0.15) is 0 Å². The summed E-state index contributed by atoms with van der Waals surface area (Å²) < 4.78 is 29.7. The monoisotopic (exact) mass is 399 g/mol. The largest absolute Gasteiger partial charge is 0.452 e. The molecular formula is C19H17N3O5S. The number of nitrogens with zero attached hydrogens (tertiary/aromatic N) is 1. The predicted molar refractivity (Wildman–Crippen MR) is 106 cm³/mol. The minimum atomic E-state index is -3.40. The average molecular weight is 399 g/mol. The van der Waals surface area contributed by atoms with Crippen molar-refractivity contribution in [2.45, 2.75) is 0 Å². The normalized spacial score (nSPS) is 11.0. The lowest BCUT2D eigenvalue weighted by molar-refractivity contribution is -0.119. The second-order valence-corrected chi connectivity index (χ2v) is 7.70. The van der Waals surface area contributed by atoms with Crippen LogP contribution in [0, 0.1) is 0 Å². The van der Waals surface area contributed by atoms with Crippen molar-refractivity contribution in [3.63, 3.8) is 0 Å². The van der Waals surface area contributed by atoms with E-state index in [2.05, 4.69) is 15.0 Å². The third kappa shape index (κ3) is 5.04. The first-order valence-corrected chi connectivity index (χ1v) is 10.1. The third-order valence-electron chi connectivity index (χ3n) is 3.68. The van der Waals surface area contributed by atoms with Crippen molar-refractivity contribution in [3.05, 3.63) is 66.4 Å². The van der Waals surface area contributed by atoms with Crippen LogP contribution in [0.25, 0.3) is 10.9 Å². The van der Waals surface area contributed by atoms with Gasteiger partial charge in [-0.15, -0.1) is 0 Å². The number of esters is 1. The van der Waals surface area contributed by atoms with Gasteiger partial charge in [-0.25, -0.2) is 13.2 Å². The van der Waals surface area contributed by atoms with Crippen LogP contribution in [-0.4, -0.2) is 38.1 Å². The van der Waals surface area contributed by atoms with Gasteiger partial charge in [0.05, 0.1) is 23.0 Å². The van der Waals surface area contributed by atoms with E-state index in [4.69, 9.17) is 4.74 Å². The number of aromatic nitrogens is 1. The first-order valence-electron chi connectivity index (χ1n) is 8.20.